The van der Waals surface area contributed by atoms with Gasteiger partial charge >= 0.3 is 5.97 Å². The van der Waals surface area contributed by atoms with Gasteiger partial charge in [0, 0.05) is 11.8 Å². The predicted molar refractivity (Wildman–Crippen MR) is 104 cm³/mol. The molecule has 124 valence electrons. The summed E-state index contributed by atoms with van der Waals surface area (Å²) in [5.41, 5.74) is 3.45. The molecule has 0 saturated heterocycles. The Hall–Kier alpha value is -2.78. The minimum atomic E-state index is -0.368. The minimum absolute atomic E-state index is 0.368. The van der Waals surface area contributed by atoms with Gasteiger partial charge < -0.3 is 4.74 Å². The van der Waals surface area contributed by atoms with Crippen LogP contribution in [0, 0.1) is 0 Å². The first-order valence-electron chi connectivity index (χ1n) is 8.01. The van der Waals surface area contributed by atoms with E-state index in [0.717, 1.165) is 16.9 Å². The molecule has 0 bridgehead atoms. The SMILES string of the molecule is O=C(C=CSCc1ccccc1)Oc1ccc(-c2ccccc2)cc1. The van der Waals surface area contributed by atoms with Crippen molar-refractivity contribution in [3.05, 3.63) is 102 Å². The molecule has 0 aliphatic rings. The van der Waals surface area contributed by atoms with Crippen LogP contribution in [0.15, 0.2) is 96.4 Å². The van der Waals surface area contributed by atoms with Crippen molar-refractivity contribution >= 4 is 17.7 Å². The van der Waals surface area contributed by atoms with E-state index in [4.69, 9.17) is 4.74 Å². The maximum atomic E-state index is 11.9. The molecule has 0 radical (unpaired) electrons. The van der Waals surface area contributed by atoms with Crippen LogP contribution < -0.4 is 4.74 Å². The van der Waals surface area contributed by atoms with Crippen LogP contribution >= 0.6 is 11.8 Å². The van der Waals surface area contributed by atoms with Crippen LogP contribution in [0.2, 0.25) is 0 Å². The van der Waals surface area contributed by atoms with Crippen molar-refractivity contribution in [2.75, 3.05) is 0 Å². The third-order valence-corrected chi connectivity index (χ3v) is 4.40. The smallest absolute Gasteiger partial charge is 0.336 e. The van der Waals surface area contributed by atoms with Crippen molar-refractivity contribution in [1.29, 1.82) is 0 Å². The molecule has 3 rings (SSSR count). The topological polar surface area (TPSA) is 26.3 Å². The van der Waals surface area contributed by atoms with Crippen LogP contribution in [0.3, 0.4) is 0 Å². The fraction of sp³-hybridized carbons (Fsp3) is 0.0455. The number of carbonyl (C=O) groups is 1. The van der Waals surface area contributed by atoms with Gasteiger partial charge in [0.2, 0.25) is 0 Å². The van der Waals surface area contributed by atoms with Gasteiger partial charge in [-0.2, -0.15) is 0 Å². The highest BCUT2D eigenvalue weighted by molar-refractivity contribution is 8.01. The number of ether oxygens (including phenoxy) is 1. The number of esters is 1. The fourth-order valence-electron chi connectivity index (χ4n) is 2.32. The summed E-state index contributed by atoms with van der Waals surface area (Å²) in [7, 11) is 0. The molecular formula is C22H18O2S. The van der Waals surface area contributed by atoms with E-state index in [-0.39, 0.29) is 5.97 Å². The lowest BCUT2D eigenvalue weighted by Crippen LogP contribution is -2.03. The van der Waals surface area contributed by atoms with E-state index in [0.29, 0.717) is 5.75 Å². The van der Waals surface area contributed by atoms with Crippen LogP contribution in [0.1, 0.15) is 5.56 Å². The highest BCUT2D eigenvalue weighted by atomic mass is 32.2. The summed E-state index contributed by atoms with van der Waals surface area (Å²) in [6, 6.07) is 27.7. The van der Waals surface area contributed by atoms with E-state index in [2.05, 4.69) is 12.1 Å². The van der Waals surface area contributed by atoms with Gasteiger partial charge in [-0.05, 0) is 34.2 Å². The van der Waals surface area contributed by atoms with Crippen molar-refractivity contribution in [3.63, 3.8) is 0 Å². The van der Waals surface area contributed by atoms with Gasteiger partial charge in [0.1, 0.15) is 5.75 Å². The van der Waals surface area contributed by atoms with Gasteiger partial charge in [-0.3, -0.25) is 0 Å². The number of rotatable bonds is 6. The van der Waals surface area contributed by atoms with Crippen LogP contribution in [0.4, 0.5) is 0 Å². The number of hydrogen-bond acceptors (Lipinski definition) is 3. The molecule has 0 saturated carbocycles. The summed E-state index contributed by atoms with van der Waals surface area (Å²) in [4.78, 5) is 11.9. The molecule has 0 unspecified atom stereocenters. The first-order valence-corrected chi connectivity index (χ1v) is 9.05. The van der Waals surface area contributed by atoms with Crippen LogP contribution in [0.5, 0.6) is 5.75 Å². The summed E-state index contributed by atoms with van der Waals surface area (Å²) in [6.45, 7) is 0. The molecule has 0 aliphatic carbocycles. The fourth-order valence-corrected chi connectivity index (χ4v) is 3.01. The molecule has 3 aromatic carbocycles. The van der Waals surface area contributed by atoms with Gasteiger partial charge in [-0.25, -0.2) is 4.79 Å². The number of hydrogen-bond donors (Lipinski definition) is 0. The zero-order valence-corrected chi connectivity index (χ0v) is 14.5. The van der Waals surface area contributed by atoms with E-state index in [1.54, 1.807) is 17.2 Å². The summed E-state index contributed by atoms with van der Waals surface area (Å²) < 4.78 is 5.32. The van der Waals surface area contributed by atoms with E-state index in [1.807, 2.05) is 72.8 Å². The lowest BCUT2D eigenvalue weighted by atomic mass is 10.1. The second-order valence-electron chi connectivity index (χ2n) is 5.41. The minimum Gasteiger partial charge on any atom is -0.423 e. The Labute approximate surface area is 152 Å². The van der Waals surface area contributed by atoms with Gasteiger partial charge in [0.15, 0.2) is 0 Å². The van der Waals surface area contributed by atoms with Crippen molar-refractivity contribution in [2.24, 2.45) is 0 Å². The molecule has 0 N–H and O–H groups in total. The third kappa shape index (κ3) is 5.37. The lowest BCUT2D eigenvalue weighted by Gasteiger charge is -2.04. The molecule has 0 spiro atoms. The molecule has 2 nitrogen and oxygen atoms in total. The first-order chi connectivity index (χ1) is 12.3. The molecule has 25 heavy (non-hydrogen) atoms. The van der Waals surface area contributed by atoms with Gasteiger partial charge in [0.25, 0.3) is 0 Å². The maximum Gasteiger partial charge on any atom is 0.336 e. The Balaban J connectivity index is 1.50. The summed E-state index contributed by atoms with van der Waals surface area (Å²) in [5, 5.41) is 1.77. The van der Waals surface area contributed by atoms with Crippen LogP contribution in [-0.2, 0) is 10.5 Å². The zero-order chi connectivity index (χ0) is 17.3. The highest BCUT2D eigenvalue weighted by Crippen LogP contribution is 2.22. The number of benzene rings is 3. The molecule has 0 heterocycles. The van der Waals surface area contributed by atoms with Crippen LogP contribution in [-0.4, -0.2) is 5.97 Å². The van der Waals surface area contributed by atoms with Crippen molar-refractivity contribution < 1.29 is 9.53 Å². The Kier molecular flexibility index (Phi) is 6.07. The largest absolute Gasteiger partial charge is 0.423 e. The second-order valence-corrected chi connectivity index (χ2v) is 6.31. The Morgan fingerprint density at radius 3 is 2.08 bits per heavy atom. The Morgan fingerprint density at radius 1 is 0.800 bits per heavy atom. The van der Waals surface area contributed by atoms with Gasteiger partial charge in [-0.15, -0.1) is 11.8 Å². The van der Waals surface area contributed by atoms with Crippen LogP contribution in [0.25, 0.3) is 11.1 Å². The number of carbonyl (C=O) groups excluding carboxylic acids is 1. The van der Waals surface area contributed by atoms with E-state index >= 15 is 0 Å². The molecule has 0 amide bonds. The normalized spacial score (nSPS) is 10.7. The van der Waals surface area contributed by atoms with Crippen molar-refractivity contribution in [3.8, 4) is 16.9 Å². The molecule has 0 aromatic heterocycles. The second kappa shape index (κ2) is 8.90. The first kappa shape index (κ1) is 17.1. The standard InChI is InChI=1S/C22H18O2S/c23-22(15-16-25-17-18-7-3-1-4-8-18)24-21-13-11-20(12-14-21)19-9-5-2-6-10-19/h1-16H,17H2. The van der Waals surface area contributed by atoms with Gasteiger partial charge in [-0.1, -0.05) is 72.8 Å². The molecule has 3 heteroatoms. The monoisotopic (exact) mass is 346 g/mol. The Morgan fingerprint density at radius 2 is 1.40 bits per heavy atom. The molecule has 3 aromatic rings. The molecular weight excluding hydrogens is 328 g/mol. The molecule has 0 fully saturated rings. The van der Waals surface area contributed by atoms with Crippen molar-refractivity contribution in [2.45, 2.75) is 5.75 Å². The quantitative estimate of drug-likeness (QED) is 0.325. The summed E-state index contributed by atoms with van der Waals surface area (Å²) in [6.07, 6.45) is 1.46. The Bertz CT molecular complexity index is 825. The van der Waals surface area contributed by atoms with Crippen molar-refractivity contribution in [1.82, 2.24) is 0 Å². The highest BCUT2D eigenvalue weighted by Gasteiger charge is 2.02. The summed E-state index contributed by atoms with van der Waals surface area (Å²) >= 11 is 1.56. The maximum absolute atomic E-state index is 11.9. The molecule has 0 atom stereocenters. The average Bonchev–Trinajstić information content (AvgIpc) is 2.67. The van der Waals surface area contributed by atoms with E-state index in [9.17, 15) is 4.79 Å². The third-order valence-electron chi connectivity index (χ3n) is 3.57. The average molecular weight is 346 g/mol. The van der Waals surface area contributed by atoms with Gasteiger partial charge in [0.05, 0.1) is 0 Å². The predicted octanol–water partition coefficient (Wildman–Crippen LogP) is 5.71. The van der Waals surface area contributed by atoms with E-state index in [1.165, 1.54) is 11.6 Å². The number of thioether (sulfide) groups is 1. The molecule has 0 aliphatic heterocycles. The van der Waals surface area contributed by atoms with E-state index < -0.39 is 0 Å². The lowest BCUT2D eigenvalue weighted by molar-refractivity contribution is -0.128. The summed E-state index contributed by atoms with van der Waals surface area (Å²) in [5.74, 6) is 1.01. The zero-order valence-electron chi connectivity index (χ0n) is 13.7.